The third-order valence-electron chi connectivity index (χ3n) is 0. The third-order valence-corrected chi connectivity index (χ3v) is 0. The molecule has 4 heavy (non-hydrogen) atoms. The molecule has 0 unspecified atom stereocenters. The molecule has 0 aromatic carbocycles. The van der Waals surface area contributed by atoms with Gasteiger partial charge in [0, 0.05) is 21.7 Å². The van der Waals surface area contributed by atoms with E-state index in [1.807, 2.05) is 0 Å². The molecule has 0 aromatic rings. The normalized spacial score (nSPS) is 0.500. The molecular weight excluding hydrogens is 102 g/mol. The summed E-state index contributed by atoms with van der Waals surface area (Å²) in [5, 5.41) is 6.25. The predicted molar refractivity (Wildman–Crippen MR) is 16.3 cm³/mol. The summed E-state index contributed by atoms with van der Waals surface area (Å²) in [6.45, 7) is 4.75. The monoisotopic (exact) mass is 106 g/mol. The van der Waals surface area contributed by atoms with Crippen LogP contribution in [0.4, 0.5) is 0 Å². The van der Waals surface area contributed by atoms with Gasteiger partial charge in [0.2, 0.25) is 0 Å². The molecule has 0 aliphatic heterocycles. The van der Waals surface area contributed by atoms with E-state index in [0.29, 0.717) is 0 Å². The Balaban J connectivity index is -0.00000000500. The topological polar surface area (TPSA) is 23.8 Å². The van der Waals surface area contributed by atoms with Crippen LogP contribution in [0, 0.1) is 11.8 Å². The van der Waals surface area contributed by atoms with Crippen molar-refractivity contribution in [1.29, 1.82) is 5.26 Å². The van der Waals surface area contributed by atoms with Crippen molar-refractivity contribution in [3.8, 4) is 0 Å². The van der Waals surface area contributed by atoms with E-state index in [1.165, 1.54) is 0 Å². The van der Waals surface area contributed by atoms with Crippen molar-refractivity contribution in [2.75, 3.05) is 0 Å². The minimum Gasteiger partial charge on any atom is -0.512 e. The van der Waals surface area contributed by atoms with Crippen LogP contribution in [0.5, 0.6) is 0 Å². The summed E-state index contributed by atoms with van der Waals surface area (Å²) >= 11 is 0. The molecule has 0 N–H and O–H groups in total. The summed E-state index contributed by atoms with van der Waals surface area (Å²) in [6.07, 6.45) is 0. The van der Waals surface area contributed by atoms with Gasteiger partial charge in [-0.05, 0) is 11.0 Å². The van der Waals surface area contributed by atoms with Crippen molar-refractivity contribution >= 4 is 11.0 Å². The van der Waals surface area contributed by atoms with Crippen LogP contribution in [-0.4, -0.2) is 11.0 Å². The van der Waals surface area contributed by atoms with Gasteiger partial charge in [0.1, 0.15) is 0 Å². The van der Waals surface area contributed by atoms with Crippen LogP contribution in [0.15, 0.2) is 0 Å². The first kappa shape index (κ1) is 25.6. The Morgan fingerprint density at radius 3 is 1.25 bits per heavy atom. The summed E-state index contributed by atoms with van der Waals surface area (Å²) in [5.74, 6) is 0. The van der Waals surface area contributed by atoms with Gasteiger partial charge in [-0.1, -0.05) is 0 Å². The van der Waals surface area contributed by atoms with Crippen LogP contribution in [-0.2, 0) is 21.7 Å². The molecule has 0 aromatic heterocycles. The van der Waals surface area contributed by atoms with E-state index >= 15 is 0 Å². The Bertz CT molecular complexity index is 12.8. The minimum atomic E-state index is 0. The Morgan fingerprint density at radius 2 is 1.25 bits per heavy atom. The Hall–Kier alpha value is 0.421. The van der Waals surface area contributed by atoms with Crippen molar-refractivity contribution in [3.05, 3.63) is 6.57 Å². The van der Waals surface area contributed by atoms with E-state index < -0.39 is 0 Å². The first-order chi connectivity index (χ1) is 1.00. The molecule has 0 saturated heterocycles. The van der Waals surface area contributed by atoms with E-state index in [0.717, 1.165) is 0 Å². The summed E-state index contributed by atoms with van der Waals surface area (Å²) in [7, 11) is 0. The average Bonchev–Trinajstić information content (AvgIpc) is 1.00. The van der Waals surface area contributed by atoms with Gasteiger partial charge in [-0.3, -0.25) is 0 Å². The van der Waals surface area contributed by atoms with E-state index in [4.69, 9.17) is 11.8 Å². The zero-order valence-electron chi connectivity index (χ0n) is 1.45. The molecule has 0 aliphatic rings. The summed E-state index contributed by atoms with van der Waals surface area (Å²) in [4.78, 5) is 0. The molecule has 0 heterocycles. The molecule has 22 valence electrons. The second kappa shape index (κ2) is 113. The SMILES string of the molecule is [C-]#N.[SiH4].[Ti]. The molecule has 0 saturated carbocycles. The van der Waals surface area contributed by atoms with Gasteiger partial charge in [-0.15, -0.1) is 0 Å². The zero-order chi connectivity index (χ0) is 2.00. The molecule has 0 atom stereocenters. The van der Waals surface area contributed by atoms with Gasteiger partial charge in [0.05, 0.1) is 0 Å². The fraction of sp³-hybridized carbons (Fsp3) is 0. The van der Waals surface area contributed by atoms with Crippen molar-refractivity contribution in [1.82, 2.24) is 0 Å². The molecule has 0 amide bonds. The van der Waals surface area contributed by atoms with Crippen molar-refractivity contribution in [2.45, 2.75) is 0 Å². The van der Waals surface area contributed by atoms with Gasteiger partial charge in [-0.25, -0.2) is 0 Å². The quantitative estimate of drug-likeness (QED) is 0.276. The van der Waals surface area contributed by atoms with E-state index in [2.05, 4.69) is 0 Å². The van der Waals surface area contributed by atoms with Gasteiger partial charge >= 0.3 is 0 Å². The molecular formula is CH4NSiTi-. The molecule has 1 nitrogen and oxygen atoms in total. The first-order valence-corrected chi connectivity index (χ1v) is 0.224. The maximum Gasteiger partial charge on any atom is 0 e. The molecule has 0 spiro atoms. The zero-order valence-corrected chi connectivity index (χ0v) is 3.01. The molecule has 3 heteroatoms. The van der Waals surface area contributed by atoms with Crippen molar-refractivity contribution in [2.24, 2.45) is 0 Å². The second-order valence-electron chi connectivity index (χ2n) is 0. The van der Waals surface area contributed by atoms with Gasteiger partial charge in [-0.2, -0.15) is 0 Å². The van der Waals surface area contributed by atoms with E-state index in [9.17, 15) is 0 Å². The molecule has 0 radical (unpaired) electrons. The van der Waals surface area contributed by atoms with Crippen molar-refractivity contribution in [3.63, 3.8) is 0 Å². The molecule has 0 aliphatic carbocycles. The largest absolute Gasteiger partial charge is 0.512 e. The Morgan fingerprint density at radius 1 is 1.25 bits per heavy atom. The van der Waals surface area contributed by atoms with Crippen LogP contribution < -0.4 is 0 Å². The number of hydrogen-bond acceptors (Lipinski definition) is 1. The fourth-order valence-corrected chi connectivity index (χ4v) is 0. The predicted octanol–water partition coefficient (Wildman–Crippen LogP) is -1.36. The number of nitrogens with zero attached hydrogens (tertiary/aromatic N) is 1. The summed E-state index contributed by atoms with van der Waals surface area (Å²) in [6, 6.07) is 0. The second-order valence-corrected chi connectivity index (χ2v) is 0. The fourth-order valence-electron chi connectivity index (χ4n) is 0. The van der Waals surface area contributed by atoms with E-state index in [-0.39, 0.29) is 32.7 Å². The third kappa shape index (κ3) is 27.6. The van der Waals surface area contributed by atoms with Crippen LogP contribution in [0.25, 0.3) is 0 Å². The molecule has 0 fully saturated rings. The van der Waals surface area contributed by atoms with Crippen LogP contribution in [0.2, 0.25) is 0 Å². The average molecular weight is 106 g/mol. The summed E-state index contributed by atoms with van der Waals surface area (Å²) in [5.41, 5.74) is 0. The smallest absolute Gasteiger partial charge is 0 e. The van der Waals surface area contributed by atoms with Crippen molar-refractivity contribution < 1.29 is 21.7 Å². The molecule has 0 rings (SSSR count). The van der Waals surface area contributed by atoms with E-state index in [1.54, 1.807) is 0 Å². The first-order valence-electron chi connectivity index (χ1n) is 0.224. The van der Waals surface area contributed by atoms with Gasteiger partial charge in [0.25, 0.3) is 0 Å². The summed E-state index contributed by atoms with van der Waals surface area (Å²) < 4.78 is 0. The maximum atomic E-state index is 6.25. The van der Waals surface area contributed by atoms with Crippen LogP contribution in [0.1, 0.15) is 0 Å². The number of rotatable bonds is 0. The van der Waals surface area contributed by atoms with Gasteiger partial charge < -0.3 is 11.8 Å². The van der Waals surface area contributed by atoms with Crippen LogP contribution >= 0.6 is 0 Å². The number of hydrogen-bond donors (Lipinski definition) is 0. The molecule has 0 bridgehead atoms. The van der Waals surface area contributed by atoms with Gasteiger partial charge in [0.15, 0.2) is 0 Å². The Kier molecular flexibility index (Phi) is 724. The standard InChI is InChI=1S/CN.H4Si.Ti/c1-2;;/h;1H4;/q-1;;. The minimum absolute atomic E-state index is 0. The Labute approximate surface area is 44.9 Å². The maximum absolute atomic E-state index is 6.25. The van der Waals surface area contributed by atoms with Crippen LogP contribution in [0.3, 0.4) is 0 Å².